The molecule has 1 atom stereocenters. The van der Waals surface area contributed by atoms with Crippen molar-refractivity contribution in [2.45, 2.75) is 27.7 Å². The predicted octanol–water partition coefficient (Wildman–Crippen LogP) is 3.96. The van der Waals surface area contributed by atoms with Gasteiger partial charge < -0.3 is 10.4 Å². The van der Waals surface area contributed by atoms with Crippen LogP contribution in [0.15, 0.2) is 36.4 Å². The number of benzene rings is 2. The lowest BCUT2D eigenvalue weighted by molar-refractivity contribution is 0.0934. The van der Waals surface area contributed by atoms with Crippen molar-refractivity contribution in [3.8, 4) is 5.75 Å². The minimum absolute atomic E-state index is 0.0500. The van der Waals surface area contributed by atoms with Crippen molar-refractivity contribution in [1.29, 1.82) is 0 Å². The Kier molecular flexibility index (Phi) is 4.21. The topological polar surface area (TPSA) is 49.3 Å². The zero-order valence-corrected chi connectivity index (χ0v) is 13.1. The van der Waals surface area contributed by atoms with E-state index in [1.807, 2.05) is 30.3 Å². The van der Waals surface area contributed by atoms with E-state index in [1.165, 1.54) is 0 Å². The molecule has 2 aromatic carbocycles. The van der Waals surface area contributed by atoms with E-state index in [-0.39, 0.29) is 17.1 Å². The highest BCUT2D eigenvalue weighted by molar-refractivity contribution is 6.03. The molecule has 0 aliphatic carbocycles. The van der Waals surface area contributed by atoms with Crippen molar-refractivity contribution in [3.63, 3.8) is 0 Å². The standard InChI is InChI=1S/C18H23NO2/c1-12(18(2,3)4)11-19-17(21)15-10-9-13-7-5-6-8-14(13)16(15)20/h5-10,12,20H,11H2,1-4H3,(H,19,21). The third kappa shape index (κ3) is 3.35. The number of carbonyl (C=O) groups is 1. The highest BCUT2D eigenvalue weighted by Gasteiger charge is 2.21. The van der Waals surface area contributed by atoms with Gasteiger partial charge in [0.1, 0.15) is 5.75 Å². The number of carbonyl (C=O) groups excluding carboxylic acids is 1. The van der Waals surface area contributed by atoms with Gasteiger partial charge in [-0.3, -0.25) is 4.79 Å². The Morgan fingerprint density at radius 2 is 1.86 bits per heavy atom. The third-order valence-corrected chi connectivity index (χ3v) is 4.19. The highest BCUT2D eigenvalue weighted by atomic mass is 16.3. The molecule has 0 radical (unpaired) electrons. The largest absolute Gasteiger partial charge is 0.506 e. The SMILES string of the molecule is CC(CNC(=O)c1ccc2ccccc2c1O)C(C)(C)C. The maximum Gasteiger partial charge on any atom is 0.255 e. The van der Waals surface area contributed by atoms with E-state index in [1.54, 1.807) is 6.07 Å². The van der Waals surface area contributed by atoms with Crippen LogP contribution < -0.4 is 5.32 Å². The van der Waals surface area contributed by atoms with Crippen LogP contribution in [0.5, 0.6) is 5.75 Å². The van der Waals surface area contributed by atoms with E-state index in [2.05, 4.69) is 33.0 Å². The molecule has 0 aliphatic heterocycles. The monoisotopic (exact) mass is 285 g/mol. The lowest BCUT2D eigenvalue weighted by atomic mass is 9.82. The normalized spacial score (nSPS) is 13.1. The molecule has 3 nitrogen and oxygen atoms in total. The highest BCUT2D eigenvalue weighted by Crippen LogP contribution is 2.29. The third-order valence-electron chi connectivity index (χ3n) is 4.19. The Hall–Kier alpha value is -2.03. The molecule has 0 aliphatic rings. The second-order valence-corrected chi connectivity index (χ2v) is 6.66. The summed E-state index contributed by atoms with van der Waals surface area (Å²) in [7, 11) is 0. The van der Waals surface area contributed by atoms with Gasteiger partial charge in [-0.25, -0.2) is 0 Å². The second-order valence-electron chi connectivity index (χ2n) is 6.66. The van der Waals surface area contributed by atoms with Gasteiger partial charge in [0.25, 0.3) is 5.91 Å². The minimum Gasteiger partial charge on any atom is -0.506 e. The lowest BCUT2D eigenvalue weighted by Crippen LogP contribution is -2.33. The molecule has 0 bridgehead atoms. The molecule has 21 heavy (non-hydrogen) atoms. The second kappa shape index (κ2) is 5.76. The number of fused-ring (bicyclic) bond motifs is 1. The zero-order chi connectivity index (χ0) is 15.6. The van der Waals surface area contributed by atoms with Crippen molar-refractivity contribution < 1.29 is 9.90 Å². The molecule has 3 heteroatoms. The summed E-state index contributed by atoms with van der Waals surface area (Å²) in [6.45, 7) is 9.15. The van der Waals surface area contributed by atoms with Crippen LogP contribution in [0.2, 0.25) is 0 Å². The fourth-order valence-electron chi connectivity index (χ4n) is 2.09. The Morgan fingerprint density at radius 3 is 2.52 bits per heavy atom. The van der Waals surface area contributed by atoms with Crippen LogP contribution in [0.4, 0.5) is 0 Å². The molecule has 0 saturated heterocycles. The van der Waals surface area contributed by atoms with E-state index in [0.29, 0.717) is 23.4 Å². The van der Waals surface area contributed by atoms with Gasteiger partial charge in [-0.05, 0) is 22.8 Å². The van der Waals surface area contributed by atoms with Gasteiger partial charge in [0, 0.05) is 11.9 Å². The van der Waals surface area contributed by atoms with Crippen LogP contribution in [0, 0.1) is 11.3 Å². The molecule has 2 N–H and O–H groups in total. The number of hydrogen-bond donors (Lipinski definition) is 2. The summed E-state index contributed by atoms with van der Waals surface area (Å²) in [6, 6.07) is 11.0. The Bertz CT molecular complexity index is 656. The molecular formula is C18H23NO2. The first-order valence-electron chi connectivity index (χ1n) is 7.29. The zero-order valence-electron chi connectivity index (χ0n) is 13.1. The first-order chi connectivity index (χ1) is 9.80. The summed E-state index contributed by atoms with van der Waals surface area (Å²) in [5.41, 5.74) is 0.466. The summed E-state index contributed by atoms with van der Waals surface area (Å²) in [5.74, 6) is 0.174. The fourth-order valence-corrected chi connectivity index (χ4v) is 2.09. The van der Waals surface area contributed by atoms with Gasteiger partial charge in [-0.1, -0.05) is 58.0 Å². The minimum atomic E-state index is -0.227. The van der Waals surface area contributed by atoms with E-state index < -0.39 is 0 Å². The smallest absolute Gasteiger partial charge is 0.255 e. The molecule has 0 saturated carbocycles. The summed E-state index contributed by atoms with van der Waals surface area (Å²) >= 11 is 0. The molecule has 1 unspecified atom stereocenters. The molecule has 112 valence electrons. The van der Waals surface area contributed by atoms with Crippen LogP contribution in [0.25, 0.3) is 10.8 Å². The number of aromatic hydroxyl groups is 1. The summed E-state index contributed by atoms with van der Waals surface area (Å²) < 4.78 is 0. The molecular weight excluding hydrogens is 262 g/mol. The summed E-state index contributed by atoms with van der Waals surface area (Å²) in [4.78, 5) is 12.3. The first kappa shape index (κ1) is 15.4. The fraction of sp³-hybridized carbons (Fsp3) is 0.389. The van der Waals surface area contributed by atoms with Gasteiger partial charge in [0.05, 0.1) is 5.56 Å². The predicted molar refractivity (Wildman–Crippen MR) is 86.6 cm³/mol. The van der Waals surface area contributed by atoms with Crippen molar-refractivity contribution >= 4 is 16.7 Å². The van der Waals surface area contributed by atoms with Gasteiger partial charge in [-0.2, -0.15) is 0 Å². The maximum atomic E-state index is 12.3. The molecule has 0 aromatic heterocycles. The number of rotatable bonds is 3. The number of amides is 1. The molecule has 1 amide bonds. The number of phenols is 1. The van der Waals surface area contributed by atoms with Crippen LogP contribution >= 0.6 is 0 Å². The summed E-state index contributed by atoms with van der Waals surface area (Å²) in [6.07, 6.45) is 0. The average molecular weight is 285 g/mol. The van der Waals surface area contributed by atoms with Crippen LogP contribution in [0.1, 0.15) is 38.1 Å². The van der Waals surface area contributed by atoms with Crippen molar-refractivity contribution in [2.24, 2.45) is 11.3 Å². The molecule has 0 heterocycles. The van der Waals surface area contributed by atoms with Gasteiger partial charge >= 0.3 is 0 Å². The lowest BCUT2D eigenvalue weighted by Gasteiger charge is -2.27. The van der Waals surface area contributed by atoms with Crippen molar-refractivity contribution in [2.75, 3.05) is 6.54 Å². The summed E-state index contributed by atoms with van der Waals surface area (Å²) in [5, 5.41) is 14.8. The first-order valence-corrected chi connectivity index (χ1v) is 7.29. The Morgan fingerprint density at radius 1 is 1.19 bits per heavy atom. The van der Waals surface area contributed by atoms with Crippen molar-refractivity contribution in [1.82, 2.24) is 5.32 Å². The van der Waals surface area contributed by atoms with Crippen LogP contribution in [-0.2, 0) is 0 Å². The van der Waals surface area contributed by atoms with E-state index in [9.17, 15) is 9.90 Å². The van der Waals surface area contributed by atoms with Gasteiger partial charge in [0.15, 0.2) is 0 Å². The maximum absolute atomic E-state index is 12.3. The van der Waals surface area contributed by atoms with E-state index in [4.69, 9.17) is 0 Å². The average Bonchev–Trinajstić information content (AvgIpc) is 2.44. The number of nitrogens with one attached hydrogen (secondary N) is 1. The van der Waals surface area contributed by atoms with Crippen LogP contribution in [-0.4, -0.2) is 17.6 Å². The molecule has 2 rings (SSSR count). The van der Waals surface area contributed by atoms with E-state index in [0.717, 1.165) is 5.39 Å². The molecule has 2 aromatic rings. The Balaban J connectivity index is 2.19. The number of hydrogen-bond acceptors (Lipinski definition) is 2. The Labute approximate surface area is 126 Å². The van der Waals surface area contributed by atoms with Crippen LogP contribution in [0.3, 0.4) is 0 Å². The van der Waals surface area contributed by atoms with Gasteiger partial charge in [-0.15, -0.1) is 0 Å². The quantitative estimate of drug-likeness (QED) is 0.897. The number of phenolic OH excluding ortho intramolecular Hbond substituents is 1. The van der Waals surface area contributed by atoms with Crippen molar-refractivity contribution in [3.05, 3.63) is 42.0 Å². The van der Waals surface area contributed by atoms with E-state index >= 15 is 0 Å². The van der Waals surface area contributed by atoms with Gasteiger partial charge in [0.2, 0.25) is 0 Å². The molecule has 0 spiro atoms. The molecule has 0 fully saturated rings.